The normalized spacial score (nSPS) is 11.2. The molecule has 7 rings (SSSR count). The first-order chi connectivity index (χ1) is 17.6. The fourth-order valence-corrected chi connectivity index (χ4v) is 4.96. The maximum Gasteiger partial charge on any atom is -0.0253 e. The van der Waals surface area contributed by atoms with Gasteiger partial charge in [0.25, 0.3) is 0 Å². The van der Waals surface area contributed by atoms with E-state index in [0.29, 0.717) is 0 Å². The number of aromatic nitrogens is 1. The molecule has 1 heterocycles. The second-order valence-corrected chi connectivity index (χ2v) is 13.3. The zero-order chi connectivity index (χ0) is 25.5. The molecule has 0 amide bonds. The van der Waals surface area contributed by atoms with Gasteiger partial charge in [-0.25, -0.2) is 0 Å². The van der Waals surface area contributed by atoms with Gasteiger partial charge < -0.3 is 4.57 Å². The molecule has 2 aliphatic carbocycles. The summed E-state index contributed by atoms with van der Waals surface area (Å²) >= 11 is -0.826. The molecule has 1 aromatic heterocycles. The Morgan fingerprint density at radius 2 is 1.31 bits per heavy atom. The van der Waals surface area contributed by atoms with Gasteiger partial charge in [0, 0.05) is 23.0 Å². The van der Waals surface area contributed by atoms with Crippen molar-refractivity contribution in [2.45, 2.75) is 25.9 Å². The van der Waals surface area contributed by atoms with Gasteiger partial charge in [-0.05, 0) is 23.2 Å². The summed E-state index contributed by atoms with van der Waals surface area (Å²) in [6.45, 7) is 4.31. The molecule has 0 aliphatic heterocycles. The van der Waals surface area contributed by atoms with Crippen LogP contribution in [0.25, 0.3) is 33.2 Å². The molecule has 0 spiro atoms. The van der Waals surface area contributed by atoms with Crippen molar-refractivity contribution >= 4 is 37.4 Å². The van der Waals surface area contributed by atoms with Crippen LogP contribution in [0, 0.1) is 12.1 Å². The summed E-state index contributed by atoms with van der Waals surface area (Å²) in [7, 11) is 13.1. The standard InChI is InChI=1S/C16H12N.C13H9.C2H6Si.2ClH.Zr/c1-17-14-9-5-4-8-13(14)16-12-7-3-2-6-11(12)10-15(16)17;1-3-7-12-10(5-1)9-11-6-2-4-8-13(11)12;1-3-2;;;/h2-7,9H,10H2,1H3;1-5,7-8H,9H2;1-2H3;2*1H;/q2*-1;;;;+4/p-2. The maximum atomic E-state index is 4.93. The van der Waals surface area contributed by atoms with Gasteiger partial charge in [-0.1, -0.05) is 83.9 Å². The molecule has 178 valence electrons. The van der Waals surface area contributed by atoms with Crippen LogP contribution >= 0.6 is 17.0 Å². The number of fused-ring (bicyclic) bond motifs is 8. The van der Waals surface area contributed by atoms with Crippen LogP contribution in [0.4, 0.5) is 0 Å². The van der Waals surface area contributed by atoms with E-state index in [9.17, 15) is 0 Å². The maximum absolute atomic E-state index is 4.93. The third kappa shape index (κ3) is 5.65. The van der Waals surface area contributed by atoms with Crippen LogP contribution in [0.15, 0.2) is 84.9 Å². The molecule has 0 bridgehead atoms. The van der Waals surface area contributed by atoms with Gasteiger partial charge in [-0.3, -0.25) is 0 Å². The summed E-state index contributed by atoms with van der Waals surface area (Å²) in [6, 6.07) is 36.4. The van der Waals surface area contributed by atoms with Crippen LogP contribution in [0.5, 0.6) is 0 Å². The Labute approximate surface area is 236 Å². The van der Waals surface area contributed by atoms with Crippen molar-refractivity contribution in [2.75, 3.05) is 0 Å². The summed E-state index contributed by atoms with van der Waals surface area (Å²) in [6.07, 6.45) is 2.09. The number of nitrogens with zero attached hydrogens (tertiary/aromatic N) is 1. The smallest absolute Gasteiger partial charge is 0.0253 e. The van der Waals surface area contributed by atoms with E-state index in [1.54, 1.807) is 0 Å². The minimum atomic E-state index is -0.826. The first kappa shape index (κ1) is 27.1. The topological polar surface area (TPSA) is 4.93 Å². The van der Waals surface area contributed by atoms with Gasteiger partial charge in [-0.15, -0.1) is 35.2 Å². The minimum Gasteiger partial charge on any atom is -0.179 e. The number of hydrogen-bond acceptors (Lipinski definition) is 0. The number of halogens is 2. The molecule has 36 heavy (non-hydrogen) atoms. The molecule has 0 saturated heterocycles. The van der Waals surface area contributed by atoms with Crippen molar-refractivity contribution in [1.82, 2.24) is 4.57 Å². The average molecular weight is 604 g/mol. The zero-order valence-corrected chi connectivity index (χ0v) is 25.7. The van der Waals surface area contributed by atoms with Crippen molar-refractivity contribution in [3.63, 3.8) is 0 Å². The Balaban J connectivity index is 0.000000142. The Morgan fingerprint density at radius 3 is 2.03 bits per heavy atom. The van der Waals surface area contributed by atoms with Crippen molar-refractivity contribution in [1.29, 1.82) is 0 Å². The van der Waals surface area contributed by atoms with Crippen LogP contribution in [0.2, 0.25) is 13.1 Å². The fourth-order valence-electron chi connectivity index (χ4n) is 4.96. The van der Waals surface area contributed by atoms with E-state index < -0.39 is 20.8 Å². The van der Waals surface area contributed by atoms with E-state index in [0.717, 1.165) is 22.4 Å². The fraction of sp³-hybridized carbons (Fsp3) is 0.161. The summed E-state index contributed by atoms with van der Waals surface area (Å²) in [4.78, 5) is 0. The van der Waals surface area contributed by atoms with Gasteiger partial charge >= 0.3 is 37.9 Å². The summed E-state index contributed by atoms with van der Waals surface area (Å²) in [5.41, 5.74) is 12.4. The molecule has 0 saturated carbocycles. The van der Waals surface area contributed by atoms with Crippen LogP contribution in [0.1, 0.15) is 22.4 Å². The van der Waals surface area contributed by atoms with E-state index in [1.165, 1.54) is 55.5 Å². The van der Waals surface area contributed by atoms with Gasteiger partial charge in [0.2, 0.25) is 0 Å². The van der Waals surface area contributed by atoms with Crippen molar-refractivity contribution in [3.8, 4) is 22.3 Å². The molecular weight excluding hydrogens is 577 g/mol. The second-order valence-electron chi connectivity index (χ2n) is 8.61. The summed E-state index contributed by atoms with van der Waals surface area (Å²) in [5.74, 6) is 0. The zero-order valence-electron chi connectivity index (χ0n) is 20.7. The van der Waals surface area contributed by atoms with Gasteiger partial charge in [0.1, 0.15) is 0 Å². The molecule has 5 aromatic rings. The Hall–Kier alpha value is -1.90. The van der Waals surface area contributed by atoms with Crippen LogP contribution in [-0.4, -0.2) is 14.1 Å². The van der Waals surface area contributed by atoms with Gasteiger partial charge in [0.05, 0.1) is 0 Å². The molecule has 0 fully saturated rings. The van der Waals surface area contributed by atoms with E-state index in [1.807, 2.05) is 12.1 Å². The molecule has 0 atom stereocenters. The summed E-state index contributed by atoms with van der Waals surface area (Å²) in [5, 5.41) is 1.26. The summed E-state index contributed by atoms with van der Waals surface area (Å²) < 4.78 is 2.31. The number of hydrogen-bond donors (Lipinski definition) is 0. The van der Waals surface area contributed by atoms with E-state index in [4.69, 9.17) is 17.0 Å². The predicted octanol–water partition coefficient (Wildman–Crippen LogP) is 8.77. The SMILES string of the molecule is C[Si]C.Cn1c2c(c3[c-]cccc31)-c1ccccc1C2.[Cl][Zr+2][Cl].[c-]1cccc2c1Cc1ccccc1-2. The Bertz CT molecular complexity index is 1410. The van der Waals surface area contributed by atoms with E-state index >= 15 is 0 Å². The molecule has 4 aromatic carbocycles. The quantitative estimate of drug-likeness (QED) is 0.121. The second kappa shape index (κ2) is 13.1. The Kier molecular flexibility index (Phi) is 9.85. The molecular formula is C31H27Cl2NSiZr. The van der Waals surface area contributed by atoms with Crippen molar-refractivity contribution in [2.24, 2.45) is 7.05 Å². The van der Waals surface area contributed by atoms with Crippen molar-refractivity contribution in [3.05, 3.63) is 119 Å². The first-order valence-corrected chi connectivity index (χ1v) is 20.2. The minimum absolute atomic E-state index is 0.826. The molecule has 2 aliphatic rings. The average Bonchev–Trinajstić information content (AvgIpc) is 3.56. The molecule has 2 radical (unpaired) electrons. The molecule has 0 N–H and O–H groups in total. The monoisotopic (exact) mass is 601 g/mol. The molecule has 1 nitrogen and oxygen atoms in total. The number of rotatable bonds is 0. The van der Waals surface area contributed by atoms with Crippen LogP contribution < -0.4 is 0 Å². The van der Waals surface area contributed by atoms with E-state index in [-0.39, 0.29) is 0 Å². The number of benzene rings is 4. The predicted molar refractivity (Wildman–Crippen MR) is 153 cm³/mol. The molecule has 5 heteroatoms. The van der Waals surface area contributed by atoms with Crippen LogP contribution in [-0.2, 0) is 40.7 Å². The van der Waals surface area contributed by atoms with Gasteiger partial charge in [-0.2, -0.15) is 29.8 Å². The first-order valence-electron chi connectivity index (χ1n) is 11.8. The molecule has 0 unspecified atom stereocenters. The van der Waals surface area contributed by atoms with Crippen molar-refractivity contribution < 1.29 is 20.8 Å². The Morgan fingerprint density at radius 1 is 0.750 bits per heavy atom. The van der Waals surface area contributed by atoms with E-state index in [2.05, 4.69) is 110 Å². The largest absolute Gasteiger partial charge is 0.179 e. The third-order valence-corrected chi connectivity index (χ3v) is 6.40. The third-order valence-electron chi connectivity index (χ3n) is 6.40. The number of aryl methyl sites for hydroxylation is 1. The van der Waals surface area contributed by atoms with Crippen LogP contribution in [0.3, 0.4) is 0 Å². The van der Waals surface area contributed by atoms with Gasteiger partial charge in [0.15, 0.2) is 0 Å².